The van der Waals surface area contributed by atoms with Gasteiger partial charge in [0.05, 0.1) is 17.2 Å². The second kappa shape index (κ2) is 7.38. The predicted octanol–water partition coefficient (Wildman–Crippen LogP) is 3.86. The number of benzene rings is 1. The fraction of sp³-hybridized carbons (Fsp3) is 0.133. The molecule has 3 aromatic rings. The van der Waals surface area contributed by atoms with Crippen LogP contribution in [-0.2, 0) is 6.54 Å². The number of Topliss-reactive ketones (excluding diaryl/α,β-unsaturated/α-hetero) is 1. The van der Waals surface area contributed by atoms with Gasteiger partial charge in [0.1, 0.15) is 5.82 Å². The zero-order valence-electron chi connectivity index (χ0n) is 11.9. The maximum atomic E-state index is 12.8. The van der Waals surface area contributed by atoms with Crippen LogP contribution in [0.4, 0.5) is 10.1 Å². The molecule has 118 valence electrons. The molecule has 0 aliphatic rings. The van der Waals surface area contributed by atoms with Gasteiger partial charge in [0, 0.05) is 5.69 Å². The number of nitrogens with zero attached hydrogens (tertiary/aromatic N) is 2. The average molecular weight is 349 g/mol. The Kier molecular flexibility index (Phi) is 5.04. The SMILES string of the molecule is O=C(CSc1nnc(CNc2ccc(F)cc2)o1)c1cccs1. The second-order valence-electron chi connectivity index (χ2n) is 4.51. The Labute approximate surface area is 139 Å². The van der Waals surface area contributed by atoms with Crippen LogP contribution in [0.1, 0.15) is 15.6 Å². The van der Waals surface area contributed by atoms with E-state index in [-0.39, 0.29) is 17.4 Å². The van der Waals surface area contributed by atoms with Crippen LogP contribution in [0.15, 0.2) is 51.4 Å². The molecule has 2 aromatic heterocycles. The number of carbonyl (C=O) groups excluding carboxylic acids is 1. The van der Waals surface area contributed by atoms with Gasteiger partial charge in [-0.2, -0.15) is 0 Å². The Bertz CT molecular complexity index is 772. The lowest BCUT2D eigenvalue weighted by molar-refractivity contribution is 0.102. The zero-order valence-corrected chi connectivity index (χ0v) is 13.5. The molecule has 0 aliphatic heterocycles. The largest absolute Gasteiger partial charge is 0.414 e. The van der Waals surface area contributed by atoms with Crippen LogP contribution in [0.5, 0.6) is 0 Å². The monoisotopic (exact) mass is 349 g/mol. The van der Waals surface area contributed by atoms with Crippen molar-refractivity contribution in [3.8, 4) is 0 Å². The first kappa shape index (κ1) is 15.7. The van der Waals surface area contributed by atoms with Crippen LogP contribution in [0, 0.1) is 5.82 Å². The molecule has 3 rings (SSSR count). The molecule has 0 aliphatic carbocycles. The van der Waals surface area contributed by atoms with Gasteiger partial charge in [0.25, 0.3) is 5.22 Å². The molecule has 0 bridgehead atoms. The van der Waals surface area contributed by atoms with Crippen LogP contribution < -0.4 is 5.32 Å². The van der Waals surface area contributed by atoms with Gasteiger partial charge in [0.2, 0.25) is 5.89 Å². The van der Waals surface area contributed by atoms with Crippen molar-refractivity contribution in [2.75, 3.05) is 11.1 Å². The number of nitrogens with one attached hydrogen (secondary N) is 1. The van der Waals surface area contributed by atoms with Crippen LogP contribution in [-0.4, -0.2) is 21.7 Å². The second-order valence-corrected chi connectivity index (χ2v) is 6.39. The van der Waals surface area contributed by atoms with Crippen molar-refractivity contribution in [3.63, 3.8) is 0 Å². The van der Waals surface area contributed by atoms with Gasteiger partial charge in [-0.05, 0) is 35.7 Å². The van der Waals surface area contributed by atoms with Crippen molar-refractivity contribution in [1.29, 1.82) is 0 Å². The van der Waals surface area contributed by atoms with Gasteiger partial charge in [-0.3, -0.25) is 4.79 Å². The van der Waals surface area contributed by atoms with Crippen LogP contribution in [0.2, 0.25) is 0 Å². The van der Waals surface area contributed by atoms with Crippen molar-refractivity contribution in [2.24, 2.45) is 0 Å². The third kappa shape index (κ3) is 4.40. The Morgan fingerprint density at radius 3 is 2.83 bits per heavy atom. The van der Waals surface area contributed by atoms with Crippen LogP contribution in [0.25, 0.3) is 0 Å². The topological polar surface area (TPSA) is 68.0 Å². The van der Waals surface area contributed by atoms with Gasteiger partial charge in [-0.25, -0.2) is 4.39 Å². The van der Waals surface area contributed by atoms with E-state index in [9.17, 15) is 9.18 Å². The highest BCUT2D eigenvalue weighted by Crippen LogP contribution is 2.20. The average Bonchev–Trinajstić information content (AvgIpc) is 3.24. The number of carbonyl (C=O) groups is 1. The smallest absolute Gasteiger partial charge is 0.277 e. The summed E-state index contributed by atoms with van der Waals surface area (Å²) in [5.41, 5.74) is 0.756. The Morgan fingerprint density at radius 1 is 1.26 bits per heavy atom. The van der Waals surface area contributed by atoms with Gasteiger partial charge in [0.15, 0.2) is 5.78 Å². The van der Waals surface area contributed by atoms with Crippen molar-refractivity contribution in [2.45, 2.75) is 11.8 Å². The van der Waals surface area contributed by atoms with E-state index in [1.807, 2.05) is 11.4 Å². The summed E-state index contributed by atoms with van der Waals surface area (Å²) in [6.45, 7) is 0.331. The first-order valence-corrected chi connectivity index (χ1v) is 8.58. The van der Waals surface area contributed by atoms with E-state index in [0.717, 1.165) is 10.6 Å². The van der Waals surface area contributed by atoms with Gasteiger partial charge >= 0.3 is 0 Å². The van der Waals surface area contributed by atoms with Crippen molar-refractivity contribution in [1.82, 2.24) is 10.2 Å². The molecule has 0 atom stereocenters. The number of ketones is 1. The molecule has 5 nitrogen and oxygen atoms in total. The third-order valence-electron chi connectivity index (χ3n) is 2.86. The molecular weight excluding hydrogens is 337 g/mol. The van der Waals surface area contributed by atoms with Crippen molar-refractivity contribution >= 4 is 34.6 Å². The van der Waals surface area contributed by atoms with E-state index < -0.39 is 0 Å². The summed E-state index contributed by atoms with van der Waals surface area (Å²) in [6.07, 6.45) is 0. The summed E-state index contributed by atoms with van der Waals surface area (Å²) in [6, 6.07) is 9.62. The first-order valence-electron chi connectivity index (χ1n) is 6.72. The molecule has 0 radical (unpaired) electrons. The molecule has 1 N–H and O–H groups in total. The van der Waals surface area contributed by atoms with E-state index in [1.165, 1.54) is 35.2 Å². The molecule has 0 unspecified atom stereocenters. The molecule has 1 aromatic carbocycles. The Hall–Kier alpha value is -2.19. The van der Waals surface area contributed by atoms with Gasteiger partial charge < -0.3 is 9.73 Å². The standard InChI is InChI=1S/C15H12FN3O2S2/c16-10-3-5-11(6-4-10)17-8-14-18-19-15(21-14)23-9-12(20)13-2-1-7-22-13/h1-7,17H,8-9H2. The molecule has 0 saturated heterocycles. The van der Waals surface area contributed by atoms with Crippen LogP contribution in [0.3, 0.4) is 0 Å². The highest BCUT2D eigenvalue weighted by Gasteiger charge is 2.11. The molecular formula is C15H12FN3O2S2. The van der Waals surface area contributed by atoms with E-state index in [0.29, 0.717) is 17.7 Å². The molecule has 0 spiro atoms. The maximum absolute atomic E-state index is 12.8. The quantitative estimate of drug-likeness (QED) is 0.516. The maximum Gasteiger partial charge on any atom is 0.277 e. The van der Waals surface area contributed by atoms with E-state index in [2.05, 4.69) is 15.5 Å². The number of thioether (sulfide) groups is 1. The summed E-state index contributed by atoms with van der Waals surface area (Å²) < 4.78 is 18.3. The third-order valence-corrected chi connectivity index (χ3v) is 4.59. The molecule has 2 heterocycles. The van der Waals surface area contributed by atoms with Crippen LogP contribution >= 0.6 is 23.1 Å². The first-order chi connectivity index (χ1) is 11.2. The van der Waals surface area contributed by atoms with Crippen molar-refractivity contribution < 1.29 is 13.6 Å². The molecule has 0 saturated carbocycles. The van der Waals surface area contributed by atoms with Crippen molar-refractivity contribution in [3.05, 3.63) is 58.4 Å². The van der Waals surface area contributed by atoms with Gasteiger partial charge in [-0.1, -0.05) is 17.8 Å². The number of rotatable bonds is 7. The molecule has 8 heteroatoms. The molecule has 0 fully saturated rings. The number of hydrogen-bond donors (Lipinski definition) is 1. The Morgan fingerprint density at radius 2 is 2.09 bits per heavy atom. The summed E-state index contributed by atoms with van der Waals surface area (Å²) in [4.78, 5) is 12.6. The lowest BCUT2D eigenvalue weighted by Gasteiger charge is -2.02. The van der Waals surface area contributed by atoms with E-state index in [4.69, 9.17) is 4.42 Å². The highest BCUT2D eigenvalue weighted by atomic mass is 32.2. The number of halogens is 1. The summed E-state index contributed by atoms with van der Waals surface area (Å²) in [7, 11) is 0. The van der Waals surface area contributed by atoms with E-state index >= 15 is 0 Å². The zero-order chi connectivity index (χ0) is 16.1. The Balaban J connectivity index is 1.50. The van der Waals surface area contributed by atoms with Gasteiger partial charge in [-0.15, -0.1) is 21.5 Å². The number of aromatic nitrogens is 2. The minimum absolute atomic E-state index is 0.0363. The lowest BCUT2D eigenvalue weighted by atomic mass is 10.3. The molecule has 0 amide bonds. The fourth-order valence-corrected chi connectivity index (χ4v) is 3.17. The summed E-state index contributed by atoms with van der Waals surface area (Å²) in [5.74, 6) is 0.407. The number of anilines is 1. The minimum atomic E-state index is -0.289. The predicted molar refractivity (Wildman–Crippen MR) is 87.4 cm³/mol. The highest BCUT2D eigenvalue weighted by molar-refractivity contribution is 7.99. The number of thiophene rings is 1. The normalized spacial score (nSPS) is 10.7. The lowest BCUT2D eigenvalue weighted by Crippen LogP contribution is -1.99. The van der Waals surface area contributed by atoms with E-state index in [1.54, 1.807) is 18.2 Å². The minimum Gasteiger partial charge on any atom is -0.414 e. The summed E-state index contributed by atoms with van der Waals surface area (Å²) >= 11 is 2.62. The summed E-state index contributed by atoms with van der Waals surface area (Å²) in [5, 5.41) is 13.1. The fourth-order valence-electron chi connectivity index (χ4n) is 1.75. The molecule has 23 heavy (non-hydrogen) atoms. The number of hydrogen-bond acceptors (Lipinski definition) is 7.